The first kappa shape index (κ1) is 17.3. The Morgan fingerprint density at radius 3 is 2.23 bits per heavy atom. The zero-order valence-corrected chi connectivity index (χ0v) is 14.7. The van der Waals surface area contributed by atoms with Crippen LogP contribution in [0.1, 0.15) is 60.8 Å². The summed E-state index contributed by atoms with van der Waals surface area (Å²) < 4.78 is 10.9. The standard InChI is InChI=1S/C18H30O4/c1-10-11(2)14-7-13(10)8-15(14)16(21-12(3)19)9-17(20)22-18(4,5)6/h10-11,13-16H,7-9H2,1-6H3. The topological polar surface area (TPSA) is 52.6 Å². The summed E-state index contributed by atoms with van der Waals surface area (Å²) in [7, 11) is 0. The van der Waals surface area contributed by atoms with Gasteiger partial charge in [-0.15, -0.1) is 0 Å². The molecule has 0 aromatic carbocycles. The van der Waals surface area contributed by atoms with Crippen LogP contribution in [0, 0.1) is 29.6 Å². The van der Waals surface area contributed by atoms with E-state index < -0.39 is 5.60 Å². The van der Waals surface area contributed by atoms with Gasteiger partial charge in [0.05, 0.1) is 6.42 Å². The number of fused-ring (bicyclic) bond motifs is 2. The Labute approximate surface area is 133 Å². The molecule has 0 aliphatic heterocycles. The lowest BCUT2D eigenvalue weighted by molar-refractivity contribution is -0.164. The first-order valence-corrected chi connectivity index (χ1v) is 8.47. The monoisotopic (exact) mass is 310 g/mol. The molecule has 6 unspecified atom stereocenters. The van der Waals surface area contributed by atoms with Crippen molar-refractivity contribution in [2.45, 2.75) is 72.5 Å². The Morgan fingerprint density at radius 2 is 1.77 bits per heavy atom. The van der Waals surface area contributed by atoms with Crippen LogP contribution >= 0.6 is 0 Å². The Kier molecular flexibility index (Phi) is 4.88. The lowest BCUT2D eigenvalue weighted by Crippen LogP contribution is -2.37. The third kappa shape index (κ3) is 3.82. The fraction of sp³-hybridized carbons (Fsp3) is 0.889. The molecule has 0 N–H and O–H groups in total. The molecular weight excluding hydrogens is 280 g/mol. The van der Waals surface area contributed by atoms with E-state index in [9.17, 15) is 9.59 Å². The lowest BCUT2D eigenvalue weighted by atomic mass is 9.73. The SMILES string of the molecule is CC(=O)OC(CC(=O)OC(C)(C)C)C1CC2CC1C(C)C2C. The van der Waals surface area contributed by atoms with Gasteiger partial charge in [0, 0.05) is 6.92 Å². The highest BCUT2D eigenvalue weighted by atomic mass is 16.6. The molecule has 0 heterocycles. The van der Waals surface area contributed by atoms with Crippen LogP contribution < -0.4 is 0 Å². The van der Waals surface area contributed by atoms with Gasteiger partial charge in [-0.1, -0.05) is 13.8 Å². The van der Waals surface area contributed by atoms with E-state index in [1.807, 2.05) is 20.8 Å². The zero-order chi connectivity index (χ0) is 16.7. The summed E-state index contributed by atoms with van der Waals surface area (Å²) in [5.74, 6) is 2.36. The minimum Gasteiger partial charge on any atom is -0.462 e. The van der Waals surface area contributed by atoms with E-state index in [0.717, 1.165) is 12.3 Å². The fourth-order valence-corrected chi connectivity index (χ4v) is 4.47. The van der Waals surface area contributed by atoms with E-state index in [4.69, 9.17) is 9.47 Å². The average Bonchev–Trinajstić information content (AvgIpc) is 2.87. The summed E-state index contributed by atoms with van der Waals surface area (Å²) in [5.41, 5.74) is -0.506. The summed E-state index contributed by atoms with van der Waals surface area (Å²) in [4.78, 5) is 23.6. The van der Waals surface area contributed by atoms with Crippen molar-refractivity contribution in [3.63, 3.8) is 0 Å². The molecule has 0 amide bonds. The van der Waals surface area contributed by atoms with Crippen LogP contribution in [-0.4, -0.2) is 23.6 Å². The van der Waals surface area contributed by atoms with E-state index in [1.54, 1.807) is 0 Å². The summed E-state index contributed by atoms with van der Waals surface area (Å²) in [6, 6.07) is 0. The van der Waals surface area contributed by atoms with Crippen molar-refractivity contribution >= 4 is 11.9 Å². The quantitative estimate of drug-likeness (QED) is 0.745. The molecule has 2 rings (SSSR count). The summed E-state index contributed by atoms with van der Waals surface area (Å²) in [6.45, 7) is 11.6. The number of rotatable bonds is 4. The van der Waals surface area contributed by atoms with E-state index in [2.05, 4.69) is 13.8 Å². The van der Waals surface area contributed by atoms with E-state index >= 15 is 0 Å². The van der Waals surface area contributed by atoms with Crippen LogP contribution in [0.5, 0.6) is 0 Å². The number of ether oxygens (including phenoxy) is 2. The van der Waals surface area contributed by atoms with Gasteiger partial charge in [0.2, 0.25) is 0 Å². The molecule has 0 aromatic rings. The van der Waals surface area contributed by atoms with Crippen molar-refractivity contribution < 1.29 is 19.1 Å². The molecule has 22 heavy (non-hydrogen) atoms. The largest absolute Gasteiger partial charge is 0.462 e. The van der Waals surface area contributed by atoms with Gasteiger partial charge >= 0.3 is 11.9 Å². The maximum Gasteiger partial charge on any atom is 0.310 e. The maximum absolute atomic E-state index is 12.1. The third-order valence-corrected chi connectivity index (χ3v) is 5.53. The van der Waals surface area contributed by atoms with Crippen molar-refractivity contribution in [1.82, 2.24) is 0 Å². The molecule has 4 nitrogen and oxygen atoms in total. The van der Waals surface area contributed by atoms with Gasteiger partial charge in [0.1, 0.15) is 11.7 Å². The van der Waals surface area contributed by atoms with E-state index in [0.29, 0.717) is 23.7 Å². The van der Waals surface area contributed by atoms with Crippen molar-refractivity contribution in [1.29, 1.82) is 0 Å². The smallest absolute Gasteiger partial charge is 0.310 e. The van der Waals surface area contributed by atoms with Crippen LogP contribution in [-0.2, 0) is 19.1 Å². The van der Waals surface area contributed by atoms with Gasteiger partial charge in [0.25, 0.3) is 0 Å². The van der Waals surface area contributed by atoms with Crippen molar-refractivity contribution in [2.75, 3.05) is 0 Å². The summed E-state index contributed by atoms with van der Waals surface area (Å²) >= 11 is 0. The van der Waals surface area contributed by atoms with Gasteiger partial charge < -0.3 is 9.47 Å². The number of carbonyl (C=O) groups excluding carboxylic acids is 2. The average molecular weight is 310 g/mol. The minimum atomic E-state index is -0.506. The predicted octanol–water partition coefficient (Wildman–Crippen LogP) is 3.58. The first-order chi connectivity index (χ1) is 10.1. The van der Waals surface area contributed by atoms with Crippen molar-refractivity contribution in [2.24, 2.45) is 29.6 Å². The molecule has 2 fully saturated rings. The molecule has 4 heteroatoms. The number of esters is 2. The molecule has 2 bridgehead atoms. The van der Waals surface area contributed by atoms with Crippen molar-refractivity contribution in [3.8, 4) is 0 Å². The van der Waals surface area contributed by atoms with Gasteiger partial charge in [0.15, 0.2) is 0 Å². The number of hydrogen-bond donors (Lipinski definition) is 0. The zero-order valence-electron chi connectivity index (χ0n) is 14.7. The van der Waals surface area contributed by atoms with Crippen molar-refractivity contribution in [3.05, 3.63) is 0 Å². The van der Waals surface area contributed by atoms with E-state index in [1.165, 1.54) is 13.3 Å². The predicted molar refractivity (Wildman–Crippen MR) is 84.0 cm³/mol. The molecule has 6 atom stereocenters. The molecule has 0 saturated heterocycles. The lowest BCUT2D eigenvalue weighted by Gasteiger charge is -2.36. The molecule has 126 valence electrons. The van der Waals surface area contributed by atoms with Crippen LogP contribution in [0.15, 0.2) is 0 Å². The molecule has 2 saturated carbocycles. The molecular formula is C18H30O4. The summed E-state index contributed by atoms with van der Waals surface area (Å²) in [5, 5.41) is 0. The Bertz CT molecular complexity index is 435. The van der Waals surface area contributed by atoms with Gasteiger partial charge in [-0.25, -0.2) is 0 Å². The first-order valence-electron chi connectivity index (χ1n) is 8.47. The minimum absolute atomic E-state index is 0.172. The maximum atomic E-state index is 12.1. The van der Waals surface area contributed by atoms with Crippen LogP contribution in [0.4, 0.5) is 0 Å². The third-order valence-electron chi connectivity index (χ3n) is 5.53. The normalized spacial score (nSPS) is 35.3. The van der Waals surface area contributed by atoms with Crippen LogP contribution in [0.3, 0.4) is 0 Å². The van der Waals surface area contributed by atoms with Crippen LogP contribution in [0.25, 0.3) is 0 Å². The number of hydrogen-bond acceptors (Lipinski definition) is 4. The summed E-state index contributed by atoms with van der Waals surface area (Å²) in [6.07, 6.45) is 2.11. The highest BCUT2D eigenvalue weighted by Crippen LogP contribution is 2.56. The second-order valence-corrected chi connectivity index (χ2v) is 8.22. The second kappa shape index (κ2) is 6.21. The molecule has 2 aliphatic carbocycles. The van der Waals surface area contributed by atoms with Gasteiger partial charge in [-0.2, -0.15) is 0 Å². The molecule has 0 spiro atoms. The Balaban J connectivity index is 2.05. The molecule has 0 aromatic heterocycles. The number of carbonyl (C=O) groups is 2. The molecule has 0 radical (unpaired) electrons. The highest BCUT2D eigenvalue weighted by molar-refractivity contribution is 5.72. The fourth-order valence-electron chi connectivity index (χ4n) is 4.47. The highest BCUT2D eigenvalue weighted by Gasteiger charge is 2.52. The second-order valence-electron chi connectivity index (χ2n) is 8.22. The van der Waals surface area contributed by atoms with E-state index in [-0.39, 0.29) is 24.5 Å². The van der Waals surface area contributed by atoms with Crippen LogP contribution in [0.2, 0.25) is 0 Å². The Morgan fingerprint density at radius 1 is 1.14 bits per heavy atom. The molecule has 2 aliphatic rings. The van der Waals surface area contributed by atoms with Gasteiger partial charge in [-0.3, -0.25) is 9.59 Å². The Hall–Kier alpha value is -1.06. The van der Waals surface area contributed by atoms with Gasteiger partial charge in [-0.05, 0) is 63.2 Å².